The SMILES string of the molecule is CC(=O)C1CCC2C3CCC4=C/C(=N/OCC(=O)NC(C(=O)O)C(O)c5cccc([N+](=O)[O-])c5)CC[C@@]4(C)C3CC[C@@]12C. The minimum Gasteiger partial charge on any atom is -0.480 e. The Morgan fingerprint density at radius 2 is 1.91 bits per heavy atom. The van der Waals surface area contributed by atoms with Crippen LogP contribution in [0.15, 0.2) is 41.1 Å². The Hall–Kier alpha value is -3.60. The summed E-state index contributed by atoms with van der Waals surface area (Å²) in [6.45, 7) is 5.94. The Kier molecular flexibility index (Phi) is 8.48. The van der Waals surface area contributed by atoms with Crippen molar-refractivity contribution < 1.29 is 34.4 Å². The number of hydrogen-bond donors (Lipinski definition) is 3. The van der Waals surface area contributed by atoms with Crippen molar-refractivity contribution in [3.63, 3.8) is 0 Å². The van der Waals surface area contributed by atoms with E-state index in [1.54, 1.807) is 6.92 Å². The first-order valence-electron chi connectivity index (χ1n) is 15.2. The van der Waals surface area contributed by atoms with Crippen molar-refractivity contribution in [3.8, 4) is 0 Å². The monoisotopic (exact) mass is 595 g/mol. The molecule has 3 saturated carbocycles. The van der Waals surface area contributed by atoms with E-state index in [0.717, 1.165) is 56.7 Å². The van der Waals surface area contributed by atoms with Crippen LogP contribution in [0.3, 0.4) is 0 Å². The number of carboxylic acid groups (broad SMARTS) is 1. The normalized spacial score (nSPS) is 33.7. The Morgan fingerprint density at radius 1 is 1.14 bits per heavy atom. The van der Waals surface area contributed by atoms with Crippen LogP contribution in [0, 0.1) is 44.6 Å². The summed E-state index contributed by atoms with van der Waals surface area (Å²) < 4.78 is 0. The van der Waals surface area contributed by atoms with E-state index in [1.165, 1.54) is 23.8 Å². The number of carbonyl (C=O) groups is 3. The molecule has 0 bridgehead atoms. The fourth-order valence-electron chi connectivity index (χ4n) is 8.99. The topological polar surface area (TPSA) is 168 Å². The number of aliphatic hydroxyl groups excluding tert-OH is 1. The Bertz CT molecular complexity index is 1370. The van der Waals surface area contributed by atoms with Crippen molar-refractivity contribution in [2.24, 2.45) is 39.7 Å². The Balaban J connectivity index is 1.20. The average molecular weight is 596 g/mol. The number of carboxylic acids is 1. The quantitative estimate of drug-likeness (QED) is 0.272. The number of Topliss-reactive ketones (excluding diaryl/α,β-unsaturated/α-hetero) is 1. The minimum absolute atomic E-state index is 0.0103. The highest BCUT2D eigenvalue weighted by molar-refractivity contribution is 5.96. The van der Waals surface area contributed by atoms with E-state index in [2.05, 4.69) is 30.4 Å². The van der Waals surface area contributed by atoms with Crippen LogP contribution in [0.5, 0.6) is 0 Å². The molecule has 6 unspecified atom stereocenters. The number of non-ortho nitro benzene ring substituents is 1. The van der Waals surface area contributed by atoms with Crippen molar-refractivity contribution in [1.29, 1.82) is 0 Å². The number of nitrogens with one attached hydrogen (secondary N) is 1. The van der Waals surface area contributed by atoms with Crippen LogP contribution in [0.2, 0.25) is 0 Å². The molecule has 5 rings (SSSR count). The molecule has 3 fully saturated rings. The number of aliphatic hydroxyl groups is 1. The third-order valence-corrected chi connectivity index (χ3v) is 11.2. The number of rotatable bonds is 9. The van der Waals surface area contributed by atoms with Crippen molar-refractivity contribution in [2.45, 2.75) is 84.3 Å². The summed E-state index contributed by atoms with van der Waals surface area (Å²) in [7, 11) is 0. The van der Waals surface area contributed by atoms with Crippen molar-refractivity contribution in [2.75, 3.05) is 6.61 Å². The zero-order valence-electron chi connectivity index (χ0n) is 25.0. The van der Waals surface area contributed by atoms with Crippen LogP contribution in [-0.2, 0) is 19.2 Å². The van der Waals surface area contributed by atoms with E-state index in [9.17, 15) is 34.7 Å². The molecule has 11 heteroatoms. The van der Waals surface area contributed by atoms with Crippen molar-refractivity contribution in [3.05, 3.63) is 51.6 Å². The predicted octanol–water partition coefficient (Wildman–Crippen LogP) is 4.74. The highest BCUT2D eigenvalue weighted by Gasteiger charge is 2.59. The summed E-state index contributed by atoms with van der Waals surface area (Å²) in [5.41, 5.74) is 1.98. The number of fused-ring (bicyclic) bond motifs is 5. The number of nitro groups is 1. The second-order valence-corrected chi connectivity index (χ2v) is 13.3. The zero-order chi connectivity index (χ0) is 31.1. The standard InChI is InChI=1S/C32H41N3O8/c1-18(36)24-9-10-25-23-8-7-20-16-21(11-13-31(20,2)26(23)12-14-32(24,25)3)34-43-17-27(37)33-28(30(39)40)29(38)19-5-4-6-22(15-19)35(41)42/h4-6,15-16,23-26,28-29,38H,7-14,17H2,1-3H3,(H,33,37)(H,39,40)/b34-21+/t23?,24?,25?,26?,28?,29?,31-,32+/m1/s1. The number of hydrogen-bond acceptors (Lipinski definition) is 8. The second-order valence-electron chi connectivity index (χ2n) is 13.3. The first-order chi connectivity index (χ1) is 20.3. The highest BCUT2D eigenvalue weighted by Crippen LogP contribution is 2.66. The minimum atomic E-state index is -1.73. The Morgan fingerprint density at radius 3 is 2.60 bits per heavy atom. The number of carbonyl (C=O) groups excluding carboxylic acids is 2. The van der Waals surface area contributed by atoms with Gasteiger partial charge in [0.15, 0.2) is 12.6 Å². The number of amides is 1. The average Bonchev–Trinajstić information content (AvgIpc) is 3.33. The van der Waals surface area contributed by atoms with Gasteiger partial charge in [-0.05, 0) is 98.5 Å². The molecule has 0 heterocycles. The van der Waals surface area contributed by atoms with E-state index in [1.807, 2.05) is 0 Å². The predicted molar refractivity (Wildman–Crippen MR) is 157 cm³/mol. The molecule has 0 aromatic heterocycles. The van der Waals surface area contributed by atoms with E-state index in [0.29, 0.717) is 30.0 Å². The molecule has 0 aliphatic heterocycles. The number of oxime groups is 1. The van der Waals surface area contributed by atoms with Gasteiger partial charge < -0.3 is 20.4 Å². The summed E-state index contributed by atoms with van der Waals surface area (Å²) >= 11 is 0. The molecular weight excluding hydrogens is 554 g/mol. The third kappa shape index (κ3) is 5.71. The van der Waals surface area contributed by atoms with Gasteiger partial charge in [-0.3, -0.25) is 19.7 Å². The van der Waals surface area contributed by atoms with E-state index in [4.69, 9.17) is 4.84 Å². The number of benzene rings is 1. The largest absolute Gasteiger partial charge is 0.480 e. The highest BCUT2D eigenvalue weighted by atomic mass is 16.6. The molecule has 232 valence electrons. The van der Waals surface area contributed by atoms with Gasteiger partial charge in [-0.25, -0.2) is 4.79 Å². The summed E-state index contributed by atoms with van der Waals surface area (Å²) in [6.07, 6.45) is 8.50. The molecule has 0 radical (unpaired) electrons. The van der Waals surface area contributed by atoms with Crippen LogP contribution in [0.4, 0.5) is 5.69 Å². The maximum atomic E-state index is 12.5. The lowest BCUT2D eigenvalue weighted by Crippen LogP contribution is -2.51. The molecule has 8 atom stereocenters. The fourth-order valence-corrected chi connectivity index (χ4v) is 8.99. The molecule has 4 aliphatic carbocycles. The van der Waals surface area contributed by atoms with Gasteiger partial charge in [0.05, 0.1) is 10.6 Å². The Labute approximate surface area is 250 Å². The van der Waals surface area contributed by atoms with Gasteiger partial charge in [-0.15, -0.1) is 0 Å². The van der Waals surface area contributed by atoms with Gasteiger partial charge in [0.1, 0.15) is 11.9 Å². The number of nitro benzene ring substituents is 1. The molecule has 0 spiro atoms. The van der Waals surface area contributed by atoms with Crippen LogP contribution in [0.1, 0.15) is 83.8 Å². The van der Waals surface area contributed by atoms with Gasteiger partial charge in [0.2, 0.25) is 0 Å². The summed E-state index contributed by atoms with van der Waals surface area (Å²) in [5.74, 6) is 0.0504. The van der Waals surface area contributed by atoms with Gasteiger partial charge in [-0.2, -0.15) is 0 Å². The van der Waals surface area contributed by atoms with Crippen LogP contribution >= 0.6 is 0 Å². The maximum absolute atomic E-state index is 12.5. The van der Waals surface area contributed by atoms with Crippen LogP contribution in [-0.4, -0.2) is 51.2 Å². The molecule has 11 nitrogen and oxygen atoms in total. The molecular formula is C32H41N3O8. The number of aliphatic carboxylic acids is 1. The van der Waals surface area contributed by atoms with Crippen molar-refractivity contribution in [1.82, 2.24) is 5.32 Å². The molecule has 4 aliphatic rings. The zero-order valence-corrected chi connectivity index (χ0v) is 25.0. The lowest BCUT2D eigenvalue weighted by atomic mass is 9.46. The number of ketones is 1. The van der Waals surface area contributed by atoms with Crippen molar-refractivity contribution >= 4 is 29.1 Å². The summed E-state index contributed by atoms with van der Waals surface area (Å²) in [6, 6.07) is 3.23. The van der Waals surface area contributed by atoms with E-state index < -0.39 is 35.6 Å². The van der Waals surface area contributed by atoms with Gasteiger partial charge in [0, 0.05) is 18.1 Å². The van der Waals surface area contributed by atoms with Crippen LogP contribution in [0.25, 0.3) is 0 Å². The molecule has 43 heavy (non-hydrogen) atoms. The molecule has 3 N–H and O–H groups in total. The molecule has 1 aromatic carbocycles. The first kappa shape index (κ1) is 30.8. The molecule has 1 amide bonds. The fraction of sp³-hybridized carbons (Fsp3) is 0.625. The first-order valence-corrected chi connectivity index (χ1v) is 15.2. The van der Waals surface area contributed by atoms with E-state index in [-0.39, 0.29) is 28.0 Å². The van der Waals surface area contributed by atoms with E-state index >= 15 is 0 Å². The lowest BCUT2D eigenvalue weighted by Gasteiger charge is -2.58. The molecule has 0 saturated heterocycles. The summed E-state index contributed by atoms with van der Waals surface area (Å²) in [5, 5.41) is 37.6. The maximum Gasteiger partial charge on any atom is 0.329 e. The van der Waals surface area contributed by atoms with Gasteiger partial charge in [-0.1, -0.05) is 36.7 Å². The molecule has 1 aromatic rings. The third-order valence-electron chi connectivity index (χ3n) is 11.2. The second kappa shape index (κ2) is 11.8. The van der Waals surface area contributed by atoms with Gasteiger partial charge in [0.25, 0.3) is 11.6 Å². The number of allylic oxidation sites excluding steroid dienone is 2. The number of nitrogens with zero attached hydrogens (tertiary/aromatic N) is 2. The summed E-state index contributed by atoms with van der Waals surface area (Å²) in [4.78, 5) is 52.4. The van der Waals surface area contributed by atoms with Crippen LogP contribution < -0.4 is 5.32 Å². The lowest BCUT2D eigenvalue weighted by molar-refractivity contribution is -0.385. The smallest absolute Gasteiger partial charge is 0.329 e. The van der Waals surface area contributed by atoms with Gasteiger partial charge >= 0.3 is 5.97 Å².